The standard InChI is InChI=1S/C22H33N3O3/c1-16-3-5-17(6-4-16)13-24(2)15-21(26)23-12-20-10-9-19(11-22(27)28)25(20)14-18-7-8-18/h3-6,18-20H,7-15H2,1-2H3,(H,23,26)(H,27,28)/t19-,20+/m1/s1. The average molecular weight is 388 g/mol. The maximum absolute atomic E-state index is 12.4. The molecular formula is C22H33N3O3. The summed E-state index contributed by atoms with van der Waals surface area (Å²) in [6.07, 6.45) is 4.58. The van der Waals surface area contributed by atoms with E-state index in [0.717, 1.165) is 25.9 Å². The van der Waals surface area contributed by atoms with E-state index in [0.29, 0.717) is 19.0 Å². The second-order valence-electron chi connectivity index (χ2n) is 8.58. The fourth-order valence-electron chi connectivity index (χ4n) is 4.15. The Morgan fingerprint density at radius 2 is 1.82 bits per heavy atom. The molecule has 1 aliphatic heterocycles. The summed E-state index contributed by atoms with van der Waals surface area (Å²) in [6, 6.07) is 8.75. The zero-order valence-electron chi connectivity index (χ0n) is 17.1. The molecule has 3 rings (SSSR count). The summed E-state index contributed by atoms with van der Waals surface area (Å²) in [5, 5.41) is 12.3. The van der Waals surface area contributed by atoms with E-state index in [1.165, 1.54) is 24.0 Å². The molecule has 2 atom stereocenters. The van der Waals surface area contributed by atoms with E-state index in [9.17, 15) is 14.7 Å². The highest BCUT2D eigenvalue weighted by molar-refractivity contribution is 5.78. The molecule has 1 aliphatic carbocycles. The number of rotatable bonds is 10. The van der Waals surface area contributed by atoms with Crippen LogP contribution in [0.1, 0.15) is 43.2 Å². The van der Waals surface area contributed by atoms with Gasteiger partial charge in [-0.15, -0.1) is 0 Å². The Bertz CT molecular complexity index is 672. The van der Waals surface area contributed by atoms with Crippen molar-refractivity contribution in [3.05, 3.63) is 35.4 Å². The summed E-state index contributed by atoms with van der Waals surface area (Å²) in [5.41, 5.74) is 2.43. The van der Waals surface area contributed by atoms with Crippen molar-refractivity contribution in [3.63, 3.8) is 0 Å². The minimum atomic E-state index is -0.729. The van der Waals surface area contributed by atoms with E-state index in [1.54, 1.807) is 0 Å². The number of carbonyl (C=O) groups excluding carboxylic acids is 1. The Hall–Kier alpha value is -1.92. The summed E-state index contributed by atoms with van der Waals surface area (Å²) >= 11 is 0. The van der Waals surface area contributed by atoms with Gasteiger partial charge < -0.3 is 10.4 Å². The van der Waals surface area contributed by atoms with Gasteiger partial charge in [-0.1, -0.05) is 29.8 Å². The van der Waals surface area contributed by atoms with Crippen molar-refractivity contribution >= 4 is 11.9 Å². The molecule has 0 unspecified atom stereocenters. The lowest BCUT2D eigenvalue weighted by Gasteiger charge is -2.30. The summed E-state index contributed by atoms with van der Waals surface area (Å²) in [6.45, 7) is 4.76. The van der Waals surface area contributed by atoms with Crippen molar-refractivity contribution in [1.29, 1.82) is 0 Å². The average Bonchev–Trinajstić information content (AvgIpc) is 3.37. The summed E-state index contributed by atoms with van der Waals surface area (Å²) in [5.74, 6) is 0.0177. The third-order valence-corrected chi connectivity index (χ3v) is 5.87. The Balaban J connectivity index is 1.44. The molecule has 0 aromatic heterocycles. The molecule has 1 heterocycles. The zero-order valence-corrected chi connectivity index (χ0v) is 17.1. The van der Waals surface area contributed by atoms with Gasteiger partial charge in [-0.25, -0.2) is 0 Å². The van der Waals surface area contributed by atoms with Crippen LogP contribution in [0.25, 0.3) is 0 Å². The molecule has 0 radical (unpaired) electrons. The second kappa shape index (κ2) is 9.52. The van der Waals surface area contributed by atoms with Crippen LogP contribution < -0.4 is 5.32 Å². The van der Waals surface area contributed by atoms with E-state index < -0.39 is 5.97 Å². The van der Waals surface area contributed by atoms with Gasteiger partial charge in [-0.3, -0.25) is 19.4 Å². The number of likely N-dealkylation sites (tertiary alicyclic amines) is 1. The lowest BCUT2D eigenvalue weighted by atomic mass is 10.1. The number of likely N-dealkylation sites (N-methyl/N-ethyl adjacent to an activating group) is 1. The van der Waals surface area contributed by atoms with Gasteiger partial charge in [-0.2, -0.15) is 0 Å². The number of carboxylic acid groups (broad SMARTS) is 1. The van der Waals surface area contributed by atoms with Gasteiger partial charge in [0.1, 0.15) is 0 Å². The predicted octanol–water partition coefficient (Wildman–Crippen LogP) is 2.26. The van der Waals surface area contributed by atoms with Crippen LogP contribution in [-0.4, -0.2) is 65.5 Å². The minimum Gasteiger partial charge on any atom is -0.481 e. The molecule has 2 N–H and O–H groups in total. The molecule has 6 nitrogen and oxygen atoms in total. The van der Waals surface area contributed by atoms with Gasteiger partial charge in [0.25, 0.3) is 0 Å². The van der Waals surface area contributed by atoms with Crippen LogP contribution in [0.15, 0.2) is 24.3 Å². The molecular weight excluding hydrogens is 354 g/mol. The van der Waals surface area contributed by atoms with Crippen LogP contribution in [0.2, 0.25) is 0 Å². The number of carbonyl (C=O) groups is 2. The van der Waals surface area contributed by atoms with E-state index in [4.69, 9.17) is 0 Å². The topological polar surface area (TPSA) is 72.9 Å². The van der Waals surface area contributed by atoms with Crippen LogP contribution >= 0.6 is 0 Å². The van der Waals surface area contributed by atoms with Crippen molar-refractivity contribution < 1.29 is 14.7 Å². The third-order valence-electron chi connectivity index (χ3n) is 5.87. The maximum atomic E-state index is 12.4. The van der Waals surface area contributed by atoms with E-state index in [2.05, 4.69) is 41.4 Å². The Morgan fingerprint density at radius 1 is 1.14 bits per heavy atom. The smallest absolute Gasteiger partial charge is 0.304 e. The van der Waals surface area contributed by atoms with Crippen molar-refractivity contribution in [3.8, 4) is 0 Å². The molecule has 1 saturated heterocycles. The summed E-state index contributed by atoms with van der Waals surface area (Å²) < 4.78 is 0. The van der Waals surface area contributed by atoms with E-state index in [1.807, 2.05) is 11.9 Å². The van der Waals surface area contributed by atoms with Crippen molar-refractivity contribution in [2.45, 2.75) is 57.7 Å². The Morgan fingerprint density at radius 3 is 2.46 bits per heavy atom. The number of nitrogens with zero attached hydrogens (tertiary/aromatic N) is 2. The molecule has 0 spiro atoms. The maximum Gasteiger partial charge on any atom is 0.304 e. The number of amides is 1. The predicted molar refractivity (Wildman–Crippen MR) is 109 cm³/mol. The molecule has 154 valence electrons. The number of hydrogen-bond acceptors (Lipinski definition) is 4. The largest absolute Gasteiger partial charge is 0.481 e. The van der Waals surface area contributed by atoms with Gasteiger partial charge in [0.05, 0.1) is 13.0 Å². The fourth-order valence-corrected chi connectivity index (χ4v) is 4.15. The molecule has 0 bridgehead atoms. The third kappa shape index (κ3) is 6.31. The van der Waals surface area contributed by atoms with E-state index >= 15 is 0 Å². The SMILES string of the molecule is Cc1ccc(CN(C)CC(=O)NC[C@@H]2CC[C@H](CC(=O)O)N2CC2CC2)cc1. The van der Waals surface area contributed by atoms with Crippen LogP contribution in [0.3, 0.4) is 0 Å². The first kappa shape index (κ1) is 20.8. The molecule has 2 fully saturated rings. The fraction of sp³-hybridized carbons (Fsp3) is 0.636. The highest BCUT2D eigenvalue weighted by Gasteiger charge is 2.37. The normalized spacial score (nSPS) is 22.5. The molecule has 1 saturated carbocycles. The first-order valence-electron chi connectivity index (χ1n) is 10.4. The van der Waals surface area contributed by atoms with Crippen LogP contribution in [0, 0.1) is 12.8 Å². The minimum absolute atomic E-state index is 0.0302. The molecule has 1 amide bonds. The van der Waals surface area contributed by atoms with Gasteiger partial charge >= 0.3 is 5.97 Å². The highest BCUT2D eigenvalue weighted by atomic mass is 16.4. The first-order valence-corrected chi connectivity index (χ1v) is 10.4. The number of nitrogens with one attached hydrogen (secondary N) is 1. The van der Waals surface area contributed by atoms with Gasteiger partial charge in [0, 0.05) is 31.7 Å². The Kier molecular flexibility index (Phi) is 7.08. The molecule has 28 heavy (non-hydrogen) atoms. The first-order chi connectivity index (χ1) is 13.4. The van der Waals surface area contributed by atoms with Crippen molar-refractivity contribution in [1.82, 2.24) is 15.1 Å². The van der Waals surface area contributed by atoms with Gasteiger partial charge in [0.2, 0.25) is 5.91 Å². The molecule has 2 aliphatic rings. The van der Waals surface area contributed by atoms with Crippen LogP contribution in [0.5, 0.6) is 0 Å². The lowest BCUT2D eigenvalue weighted by molar-refractivity contribution is -0.138. The van der Waals surface area contributed by atoms with Crippen molar-refractivity contribution in [2.24, 2.45) is 5.92 Å². The number of hydrogen-bond donors (Lipinski definition) is 2. The zero-order chi connectivity index (χ0) is 20.1. The highest BCUT2D eigenvalue weighted by Crippen LogP contribution is 2.35. The summed E-state index contributed by atoms with van der Waals surface area (Å²) in [7, 11) is 1.96. The lowest BCUT2D eigenvalue weighted by Crippen LogP contribution is -2.46. The van der Waals surface area contributed by atoms with Gasteiger partial charge in [0.15, 0.2) is 0 Å². The van der Waals surface area contributed by atoms with E-state index in [-0.39, 0.29) is 24.4 Å². The van der Waals surface area contributed by atoms with Crippen molar-refractivity contribution in [2.75, 3.05) is 26.7 Å². The number of aryl methyl sites for hydroxylation is 1. The van der Waals surface area contributed by atoms with Gasteiger partial charge in [-0.05, 0) is 51.1 Å². The van der Waals surface area contributed by atoms with Crippen LogP contribution in [0.4, 0.5) is 0 Å². The monoisotopic (exact) mass is 387 g/mol. The van der Waals surface area contributed by atoms with Crippen LogP contribution in [-0.2, 0) is 16.1 Å². The molecule has 1 aromatic rings. The molecule has 1 aromatic carbocycles. The summed E-state index contributed by atoms with van der Waals surface area (Å²) in [4.78, 5) is 27.9. The number of aliphatic carboxylic acids is 1. The second-order valence-corrected chi connectivity index (χ2v) is 8.58. The molecule has 6 heteroatoms. The number of benzene rings is 1. The Labute approximate surface area is 167 Å². The number of carboxylic acids is 1. The quantitative estimate of drug-likeness (QED) is 0.644.